The van der Waals surface area contributed by atoms with Crippen LogP contribution in [0.1, 0.15) is 139 Å². The fraction of sp³-hybridized carbons (Fsp3) is 0.486. The number of thioether (sulfide) groups is 1. The summed E-state index contributed by atoms with van der Waals surface area (Å²) in [6.07, 6.45) is 11.7. The molecule has 38 heteroatoms. The lowest BCUT2D eigenvalue weighted by atomic mass is 9.81. The molecule has 0 spiro atoms. The number of allylic oxidation sites excluding steroid dienone is 6. The smallest absolute Gasteiger partial charge is 0.294 e. The summed E-state index contributed by atoms with van der Waals surface area (Å²) in [5, 5.41) is 45.5. The van der Waals surface area contributed by atoms with Gasteiger partial charge in [-0.3, -0.25) is 78.6 Å². The Morgan fingerprint density at radius 1 is 0.661 bits per heavy atom. The third kappa shape index (κ3) is 27.4. The second-order valence-electron chi connectivity index (χ2n) is 28.2. The number of benzene rings is 3. The fourth-order valence-electron chi connectivity index (χ4n) is 12.7. The van der Waals surface area contributed by atoms with Gasteiger partial charge in [0.05, 0.1) is 33.0 Å². The molecular formula is C74H105N19O16S3. The zero-order valence-electron chi connectivity index (χ0n) is 63.7. The summed E-state index contributed by atoms with van der Waals surface area (Å²) < 4.78 is 63.6. The number of imide groups is 1. The summed E-state index contributed by atoms with van der Waals surface area (Å²) in [6, 6.07) is 10.4. The summed E-state index contributed by atoms with van der Waals surface area (Å²) in [7, 11) is -7.31. The molecule has 1 fully saturated rings. The van der Waals surface area contributed by atoms with Crippen molar-refractivity contribution in [2.75, 3.05) is 69.7 Å². The number of Topliss-reactive ketones (excluding diaryl/α,β-unsaturated/α-hetero) is 1. The average Bonchev–Trinajstić information content (AvgIpc) is 1.59. The number of rotatable bonds is 46. The van der Waals surface area contributed by atoms with Crippen molar-refractivity contribution >= 4 is 126 Å². The maximum atomic E-state index is 14.6. The lowest BCUT2D eigenvalue weighted by Gasteiger charge is -2.27. The van der Waals surface area contributed by atoms with Gasteiger partial charge in [-0.2, -0.15) is 8.42 Å². The quantitative estimate of drug-likeness (QED) is 0.00549. The van der Waals surface area contributed by atoms with Gasteiger partial charge in [0, 0.05) is 105 Å². The van der Waals surface area contributed by atoms with Crippen LogP contribution >= 0.6 is 11.8 Å². The van der Waals surface area contributed by atoms with Crippen molar-refractivity contribution in [1.29, 1.82) is 16.2 Å². The Hall–Kier alpha value is -10.6. The number of carbonyl (C=O) groups is 10. The first kappa shape index (κ1) is 90.3. The van der Waals surface area contributed by atoms with Crippen LogP contribution in [0.5, 0.6) is 0 Å². The van der Waals surface area contributed by atoms with Gasteiger partial charge in [-0.15, -0.1) is 11.8 Å². The summed E-state index contributed by atoms with van der Waals surface area (Å²) in [4.78, 5) is 142. The highest BCUT2D eigenvalue weighted by molar-refractivity contribution is 8.00. The second-order valence-corrected chi connectivity index (χ2v) is 31.9. The normalized spacial score (nSPS) is 16.5. The maximum absolute atomic E-state index is 14.6. The van der Waals surface area contributed by atoms with Crippen molar-refractivity contribution < 1.29 is 74.1 Å². The van der Waals surface area contributed by atoms with E-state index in [1.54, 1.807) is 49.4 Å². The van der Waals surface area contributed by atoms with E-state index in [0.717, 1.165) is 39.3 Å². The molecule has 3 aromatic carbocycles. The van der Waals surface area contributed by atoms with Gasteiger partial charge in [-0.1, -0.05) is 83.5 Å². The number of guanidine groups is 3. The lowest BCUT2D eigenvalue weighted by Crippen LogP contribution is -2.58. The van der Waals surface area contributed by atoms with E-state index in [4.69, 9.17) is 48.9 Å². The highest BCUT2D eigenvalue weighted by Crippen LogP contribution is 2.49. The molecule has 0 aromatic heterocycles. The molecule has 3 heterocycles. The second kappa shape index (κ2) is 42.7. The topological polar surface area (TPSA) is 571 Å². The van der Waals surface area contributed by atoms with E-state index in [9.17, 15) is 69.3 Å². The van der Waals surface area contributed by atoms with Gasteiger partial charge in [0.1, 0.15) is 30.8 Å². The van der Waals surface area contributed by atoms with Crippen LogP contribution in [0.15, 0.2) is 112 Å². The third-order valence-electron chi connectivity index (χ3n) is 19.0. The van der Waals surface area contributed by atoms with Gasteiger partial charge >= 0.3 is 0 Å². The number of likely N-dealkylation sites (tertiary alicyclic amines) is 1. The number of ketones is 1. The molecule has 35 nitrogen and oxygen atoms in total. The number of thiol groups is 1. The number of amides is 9. The molecule has 0 bridgehead atoms. The molecule has 112 heavy (non-hydrogen) atoms. The van der Waals surface area contributed by atoms with E-state index in [1.807, 2.05) is 58.1 Å². The number of hydrogen-bond acceptors (Lipinski definition) is 21. The summed E-state index contributed by atoms with van der Waals surface area (Å²) in [5.41, 5.74) is 26.2. The number of nitrogens with one attached hydrogen (secondary N) is 12. The largest absolute Gasteiger partial charge is 0.370 e. The number of aliphatic imine (C=N–C) groups is 1. The minimum Gasteiger partial charge on any atom is -0.370 e. The molecule has 21 N–H and O–H groups in total. The first-order valence-corrected chi connectivity index (χ1v) is 40.3. The van der Waals surface area contributed by atoms with E-state index >= 15 is 0 Å². The molecule has 1 saturated heterocycles. The summed E-state index contributed by atoms with van der Waals surface area (Å²) in [6.45, 7) is 10.4. The van der Waals surface area contributed by atoms with E-state index < -0.39 is 121 Å². The van der Waals surface area contributed by atoms with Gasteiger partial charge < -0.3 is 80.4 Å². The van der Waals surface area contributed by atoms with E-state index in [1.165, 1.54) is 25.1 Å². The molecule has 0 radical (unpaired) electrons. The molecule has 3 aromatic rings. The Morgan fingerprint density at radius 2 is 1.28 bits per heavy atom. The first-order chi connectivity index (χ1) is 52.9. The molecule has 6 rings (SSSR count). The van der Waals surface area contributed by atoms with Gasteiger partial charge in [0.15, 0.2) is 34.4 Å². The SMILES string of the molecule is CC(=O)c1ccc(C[C@H](NC(=O)COCCNC(=O)[C@@H](CSC2CC(=O)N(CCNC(=O)CCCCCN3/C(=C/C=C/C=C/C4=Nc5ccc([SH](=O)=O)cc5C4(C)C)C(C)(C)c4cc(S(=O)(=O)O)ccc43)C2=O)NC(=O)[C@@H](CCCNC(=N)N)NC(=O)[C@@H](CCCNC(=N)N)NC(=O)[C@H](C)CCCNC(=N)N)C(N)=O)cc1. The number of hydrogen-bond donors (Lipinski definition) is 18. The van der Waals surface area contributed by atoms with Crippen molar-refractivity contribution in [3.63, 3.8) is 0 Å². The maximum Gasteiger partial charge on any atom is 0.294 e. The minimum absolute atomic E-state index is 0.00561. The number of nitrogens with two attached hydrogens (primary N) is 4. The summed E-state index contributed by atoms with van der Waals surface area (Å²) in [5.74, 6) is -8.18. The third-order valence-corrected chi connectivity index (χ3v) is 21.8. The number of primary amides is 1. The molecule has 0 aliphatic carbocycles. The van der Waals surface area contributed by atoms with Crippen LogP contribution in [-0.4, -0.2) is 203 Å². The molecule has 0 saturated carbocycles. The van der Waals surface area contributed by atoms with Crippen LogP contribution in [0, 0.1) is 22.1 Å². The van der Waals surface area contributed by atoms with Crippen LogP contribution in [0.25, 0.3) is 0 Å². The zero-order chi connectivity index (χ0) is 82.6. The Bertz CT molecular complexity index is 4310. The van der Waals surface area contributed by atoms with Crippen molar-refractivity contribution in [3.8, 4) is 0 Å². The highest BCUT2D eigenvalue weighted by atomic mass is 32.2. The zero-order valence-corrected chi connectivity index (χ0v) is 66.2. The highest BCUT2D eigenvalue weighted by Gasteiger charge is 2.42. The van der Waals surface area contributed by atoms with E-state index in [2.05, 4.69) is 52.8 Å². The number of fused-ring (bicyclic) bond motifs is 2. The van der Waals surface area contributed by atoms with Crippen LogP contribution in [0.4, 0.5) is 11.4 Å². The van der Waals surface area contributed by atoms with Crippen LogP contribution in [0.3, 0.4) is 0 Å². The lowest BCUT2D eigenvalue weighted by molar-refractivity contribution is -0.138. The average molecular weight is 1610 g/mol. The predicted octanol–water partition coefficient (Wildman–Crippen LogP) is 1.03. The summed E-state index contributed by atoms with van der Waals surface area (Å²) >= 11 is 0.884. The monoisotopic (exact) mass is 1610 g/mol. The van der Waals surface area contributed by atoms with Crippen molar-refractivity contribution in [2.45, 2.75) is 169 Å². The van der Waals surface area contributed by atoms with E-state index in [-0.39, 0.29) is 129 Å². The Balaban J connectivity index is 1.08. The molecular weight excluding hydrogens is 1510 g/mol. The van der Waals surface area contributed by atoms with Gasteiger partial charge in [-0.25, -0.2) is 8.42 Å². The minimum atomic E-state index is -4.54. The number of anilines is 1. The molecule has 3 aliphatic rings. The predicted molar refractivity (Wildman–Crippen MR) is 425 cm³/mol. The van der Waals surface area contributed by atoms with Crippen LogP contribution in [-0.2, 0) is 86.0 Å². The van der Waals surface area contributed by atoms with Crippen LogP contribution < -0.4 is 75.7 Å². The van der Waals surface area contributed by atoms with Gasteiger partial charge in [0.25, 0.3) is 10.1 Å². The van der Waals surface area contributed by atoms with Crippen molar-refractivity contribution in [3.05, 3.63) is 119 Å². The fourth-order valence-corrected chi connectivity index (χ4v) is 14.8. The molecule has 3 aliphatic heterocycles. The Labute approximate surface area is 657 Å². The van der Waals surface area contributed by atoms with E-state index in [0.29, 0.717) is 67.6 Å². The standard InChI is InChI=1S/C74H105N19O16S3/c1-44(16-13-30-84-70(76)77)65(99)89-53(17-14-31-85-71(78)79)67(101)90-54(18-15-32-86-72(80)81)68(102)91-56(66(100)83-34-37-109-42-62(96)88-55(64(75)98)38-46-22-24-47(25-23-46)45(2)94)43-110-58-41-63(97)93(69(58)103)36-33-82-61(95)21-11-8-12-35-92-57-29-27-49(112(106,107)108)40-51(57)74(5,6)60(92)20-10-7-9-19-59-73(3,4)50-39-48(111(104)105)26-28-52(50)87-59/h7,9-10,19-20,22-29,39-40,44,53-56,58,111H,8,11-18,21,30-38,41-43H2,1-6H3,(H2,75,98)(H,82,95)(H,83,100)(H,88,96)(H,89,99)(H,90,101)(H,91,102)(H4,76,77,84)(H4,78,79,85)(H4,80,81,86)(H,106,107,108)/b10-7+,19-9+,60-20+/t44-,53-,54-,55+,56-,58?/m1/s1. The number of nitrogens with zero attached hydrogens (tertiary/aromatic N) is 3. The Kier molecular flexibility index (Phi) is 34.5. The first-order valence-electron chi connectivity index (χ1n) is 36.6. The molecule has 1 unspecified atom stereocenters. The number of carbonyl (C=O) groups excluding carboxylic acids is 10. The van der Waals surface area contributed by atoms with Gasteiger partial charge in [-0.05, 0) is 124 Å². The number of ether oxygens (including phenoxy) is 1. The van der Waals surface area contributed by atoms with Crippen molar-refractivity contribution in [1.82, 2.24) is 52.8 Å². The van der Waals surface area contributed by atoms with Gasteiger partial charge in [0.2, 0.25) is 53.2 Å². The van der Waals surface area contributed by atoms with Crippen LogP contribution in [0.2, 0.25) is 0 Å². The Morgan fingerprint density at radius 3 is 1.88 bits per heavy atom. The number of unbranched alkanes of at least 4 members (excludes halogenated alkanes) is 2. The molecule has 610 valence electrons. The van der Waals surface area contributed by atoms with Crippen molar-refractivity contribution in [2.24, 2.45) is 33.8 Å². The molecule has 9 amide bonds. The molecule has 6 atom stereocenters.